The molecule has 86 valence electrons. The molecule has 0 saturated heterocycles. The second-order valence-corrected chi connectivity index (χ2v) is 4.33. The number of benzene rings is 1. The van der Waals surface area contributed by atoms with Gasteiger partial charge in [0.2, 0.25) is 11.6 Å². The molecule has 1 aliphatic heterocycles. The SMILES string of the molecule is CC1CC2=C(O1)c1cc(O)ccc1C(=O)C2=O. The molecule has 1 aromatic rings. The van der Waals surface area contributed by atoms with Crippen LogP contribution >= 0.6 is 0 Å². The normalized spacial score (nSPS) is 22.3. The molecule has 1 unspecified atom stereocenters. The summed E-state index contributed by atoms with van der Waals surface area (Å²) in [4.78, 5) is 23.7. The minimum absolute atomic E-state index is 0.0564. The molecule has 0 amide bonds. The Labute approximate surface area is 97.5 Å². The molecule has 1 aliphatic carbocycles. The van der Waals surface area contributed by atoms with Gasteiger partial charge in [0.1, 0.15) is 17.6 Å². The molecule has 1 heterocycles. The van der Waals surface area contributed by atoms with E-state index in [1.807, 2.05) is 6.92 Å². The molecule has 2 aliphatic rings. The average molecular weight is 230 g/mol. The Morgan fingerprint density at radius 1 is 1.24 bits per heavy atom. The van der Waals surface area contributed by atoms with Gasteiger partial charge in [-0.2, -0.15) is 0 Å². The number of fused-ring (bicyclic) bond motifs is 2. The van der Waals surface area contributed by atoms with Crippen molar-refractivity contribution in [1.29, 1.82) is 0 Å². The number of phenols is 1. The van der Waals surface area contributed by atoms with E-state index in [1.54, 1.807) is 0 Å². The lowest BCUT2D eigenvalue weighted by Gasteiger charge is -2.16. The van der Waals surface area contributed by atoms with Crippen LogP contribution in [-0.4, -0.2) is 22.8 Å². The van der Waals surface area contributed by atoms with Gasteiger partial charge in [-0.1, -0.05) is 0 Å². The van der Waals surface area contributed by atoms with Crippen LogP contribution < -0.4 is 0 Å². The molecule has 0 aromatic heterocycles. The molecule has 0 bridgehead atoms. The number of ketones is 2. The molecule has 0 radical (unpaired) electrons. The average Bonchev–Trinajstić information content (AvgIpc) is 2.68. The van der Waals surface area contributed by atoms with Crippen molar-refractivity contribution < 1.29 is 19.4 Å². The summed E-state index contributed by atoms with van der Waals surface area (Å²) >= 11 is 0. The predicted octanol–water partition coefficient (Wildman–Crippen LogP) is 1.68. The van der Waals surface area contributed by atoms with Crippen molar-refractivity contribution in [3.05, 3.63) is 34.9 Å². The summed E-state index contributed by atoms with van der Waals surface area (Å²) in [6.45, 7) is 1.85. The van der Waals surface area contributed by atoms with Crippen LogP contribution in [0.4, 0.5) is 0 Å². The fourth-order valence-corrected chi connectivity index (χ4v) is 2.29. The molecule has 3 rings (SSSR count). The number of carbonyl (C=O) groups is 2. The first-order chi connectivity index (χ1) is 8.08. The largest absolute Gasteiger partial charge is 0.508 e. The highest BCUT2D eigenvalue weighted by molar-refractivity contribution is 6.52. The number of carbonyl (C=O) groups excluding carboxylic acids is 2. The smallest absolute Gasteiger partial charge is 0.234 e. The maximum atomic E-state index is 11.9. The van der Waals surface area contributed by atoms with E-state index in [9.17, 15) is 14.7 Å². The summed E-state index contributed by atoms with van der Waals surface area (Å²) in [5, 5.41) is 9.45. The van der Waals surface area contributed by atoms with Gasteiger partial charge in [-0.15, -0.1) is 0 Å². The van der Waals surface area contributed by atoms with E-state index < -0.39 is 11.6 Å². The van der Waals surface area contributed by atoms with Gasteiger partial charge in [0, 0.05) is 23.1 Å². The third-order valence-electron chi connectivity index (χ3n) is 3.06. The minimum Gasteiger partial charge on any atom is -0.508 e. The van der Waals surface area contributed by atoms with Gasteiger partial charge in [0.05, 0.1) is 0 Å². The first-order valence-electron chi connectivity index (χ1n) is 5.40. The number of hydrogen-bond acceptors (Lipinski definition) is 4. The second kappa shape index (κ2) is 3.20. The van der Waals surface area contributed by atoms with Crippen LogP contribution in [0.3, 0.4) is 0 Å². The van der Waals surface area contributed by atoms with E-state index in [0.29, 0.717) is 28.9 Å². The van der Waals surface area contributed by atoms with Crippen molar-refractivity contribution in [2.24, 2.45) is 0 Å². The van der Waals surface area contributed by atoms with Crippen LogP contribution in [0.5, 0.6) is 5.75 Å². The molecular formula is C13H10O4. The third kappa shape index (κ3) is 1.30. The van der Waals surface area contributed by atoms with Crippen molar-refractivity contribution in [3.8, 4) is 5.75 Å². The maximum Gasteiger partial charge on any atom is 0.234 e. The van der Waals surface area contributed by atoms with E-state index in [0.717, 1.165) is 0 Å². The summed E-state index contributed by atoms with van der Waals surface area (Å²) in [5.74, 6) is -0.493. The van der Waals surface area contributed by atoms with Gasteiger partial charge in [-0.25, -0.2) is 0 Å². The van der Waals surface area contributed by atoms with Gasteiger partial charge in [0.25, 0.3) is 0 Å². The number of rotatable bonds is 0. The van der Waals surface area contributed by atoms with E-state index >= 15 is 0 Å². The monoisotopic (exact) mass is 230 g/mol. The first kappa shape index (κ1) is 10.1. The molecule has 4 heteroatoms. The Balaban J connectivity index is 2.27. The van der Waals surface area contributed by atoms with Crippen molar-refractivity contribution in [3.63, 3.8) is 0 Å². The Morgan fingerprint density at radius 3 is 2.76 bits per heavy atom. The summed E-state index contributed by atoms with van der Waals surface area (Å²) < 4.78 is 5.56. The van der Waals surface area contributed by atoms with Crippen molar-refractivity contribution in [1.82, 2.24) is 0 Å². The van der Waals surface area contributed by atoms with Crippen LogP contribution in [-0.2, 0) is 9.53 Å². The third-order valence-corrected chi connectivity index (χ3v) is 3.06. The maximum absolute atomic E-state index is 11.9. The van der Waals surface area contributed by atoms with Crippen LogP contribution in [0.1, 0.15) is 29.3 Å². The zero-order valence-electron chi connectivity index (χ0n) is 9.19. The molecule has 4 nitrogen and oxygen atoms in total. The molecule has 0 saturated carbocycles. The highest BCUT2D eigenvalue weighted by Gasteiger charge is 2.38. The molecule has 0 spiro atoms. The Kier molecular flexibility index (Phi) is 1.90. The zero-order chi connectivity index (χ0) is 12.2. The Morgan fingerprint density at radius 2 is 2.00 bits per heavy atom. The minimum atomic E-state index is -0.517. The summed E-state index contributed by atoms with van der Waals surface area (Å²) in [7, 11) is 0. The van der Waals surface area contributed by atoms with Crippen molar-refractivity contribution in [2.45, 2.75) is 19.4 Å². The predicted molar refractivity (Wildman–Crippen MR) is 59.5 cm³/mol. The highest BCUT2D eigenvalue weighted by atomic mass is 16.5. The van der Waals surface area contributed by atoms with Crippen LogP contribution in [0.2, 0.25) is 0 Å². The quantitative estimate of drug-likeness (QED) is 0.689. The molecule has 1 N–H and O–H groups in total. The van der Waals surface area contributed by atoms with Crippen molar-refractivity contribution >= 4 is 17.3 Å². The lowest BCUT2D eigenvalue weighted by molar-refractivity contribution is -0.112. The van der Waals surface area contributed by atoms with Crippen molar-refractivity contribution in [2.75, 3.05) is 0 Å². The highest BCUT2D eigenvalue weighted by Crippen LogP contribution is 2.39. The van der Waals surface area contributed by atoms with Gasteiger partial charge in [0.15, 0.2) is 0 Å². The number of aromatic hydroxyl groups is 1. The van der Waals surface area contributed by atoms with Crippen LogP contribution in [0, 0.1) is 0 Å². The summed E-state index contributed by atoms with van der Waals surface area (Å²) in [6, 6.07) is 4.32. The van der Waals surface area contributed by atoms with E-state index in [1.165, 1.54) is 18.2 Å². The zero-order valence-corrected chi connectivity index (χ0v) is 9.19. The van der Waals surface area contributed by atoms with Gasteiger partial charge in [-0.05, 0) is 25.1 Å². The molecule has 0 fully saturated rings. The summed E-state index contributed by atoms with van der Waals surface area (Å²) in [5.41, 5.74) is 1.26. The lowest BCUT2D eigenvalue weighted by Crippen LogP contribution is -2.22. The lowest BCUT2D eigenvalue weighted by atomic mass is 9.87. The van der Waals surface area contributed by atoms with Crippen LogP contribution in [0.15, 0.2) is 23.8 Å². The number of ether oxygens (including phenoxy) is 1. The molecule has 17 heavy (non-hydrogen) atoms. The van der Waals surface area contributed by atoms with E-state index in [4.69, 9.17) is 4.74 Å². The van der Waals surface area contributed by atoms with Gasteiger partial charge >= 0.3 is 0 Å². The number of Topliss-reactive ketones (excluding diaryl/α,β-unsaturated/α-hetero) is 2. The van der Waals surface area contributed by atoms with Crippen LogP contribution in [0.25, 0.3) is 5.76 Å². The fraction of sp³-hybridized carbons (Fsp3) is 0.231. The van der Waals surface area contributed by atoms with E-state index in [2.05, 4.69) is 0 Å². The van der Waals surface area contributed by atoms with Gasteiger partial charge < -0.3 is 9.84 Å². The second-order valence-electron chi connectivity index (χ2n) is 4.33. The topological polar surface area (TPSA) is 63.6 Å². The molecular weight excluding hydrogens is 220 g/mol. The Hall–Kier alpha value is -2.10. The van der Waals surface area contributed by atoms with Gasteiger partial charge in [-0.3, -0.25) is 9.59 Å². The fourth-order valence-electron chi connectivity index (χ4n) is 2.29. The molecule has 1 atom stereocenters. The standard InChI is InChI=1S/C13H10O4/c1-6-4-10-12(16)11(15)8-3-2-7(14)5-9(8)13(10)17-6/h2-3,5-6,14H,4H2,1H3. The summed E-state index contributed by atoms with van der Waals surface area (Å²) in [6.07, 6.45) is 0.347. The first-order valence-corrected chi connectivity index (χ1v) is 5.40. The van der Waals surface area contributed by atoms with E-state index in [-0.39, 0.29) is 11.9 Å². The number of phenolic OH excluding ortho intramolecular Hbond substituents is 1. The molecule has 1 aromatic carbocycles. The Bertz CT molecular complexity index is 583. The number of hydrogen-bond donors (Lipinski definition) is 1.